The summed E-state index contributed by atoms with van der Waals surface area (Å²) < 4.78 is 27.8. The van der Waals surface area contributed by atoms with Gasteiger partial charge in [-0.1, -0.05) is 31.4 Å². The van der Waals surface area contributed by atoms with E-state index in [0.717, 1.165) is 31.2 Å². The van der Waals surface area contributed by atoms with E-state index in [-0.39, 0.29) is 10.9 Å². The van der Waals surface area contributed by atoms with Crippen LogP contribution in [0.5, 0.6) is 0 Å². The molecule has 0 unspecified atom stereocenters. The second kappa shape index (κ2) is 9.52. The molecule has 0 atom stereocenters. The molecule has 0 radical (unpaired) electrons. The third-order valence-corrected chi connectivity index (χ3v) is 6.09. The Balaban J connectivity index is 1.83. The third kappa shape index (κ3) is 7.24. The van der Waals surface area contributed by atoms with Crippen molar-refractivity contribution in [3.8, 4) is 0 Å². The minimum absolute atomic E-state index is 0.0212. The first-order valence-corrected chi connectivity index (χ1v) is 11.3. The Hall–Kier alpha value is -1.93. The maximum absolute atomic E-state index is 12.5. The normalized spacial score (nSPS) is 15.8. The fourth-order valence-electron chi connectivity index (χ4n) is 3.14. The highest BCUT2D eigenvalue weighted by Crippen LogP contribution is 2.20. The molecule has 1 aliphatic carbocycles. The maximum atomic E-state index is 12.5. The van der Waals surface area contributed by atoms with Gasteiger partial charge in [0, 0.05) is 18.1 Å². The summed E-state index contributed by atoms with van der Waals surface area (Å²) in [5, 5.41) is 5.17. The zero-order valence-corrected chi connectivity index (χ0v) is 17.7. The number of sulfonamides is 1. The molecule has 0 aromatic heterocycles. The van der Waals surface area contributed by atoms with Crippen LogP contribution in [-0.2, 0) is 26.0 Å². The number of rotatable bonds is 6. The monoisotopic (exact) mass is 409 g/mol. The van der Waals surface area contributed by atoms with Gasteiger partial charge in [-0.05, 0) is 57.7 Å². The first-order valence-electron chi connectivity index (χ1n) is 9.78. The fraction of sp³-hybridized carbons (Fsp3) is 0.600. The average molecular weight is 410 g/mol. The van der Waals surface area contributed by atoms with E-state index in [1.807, 2.05) is 0 Å². The summed E-state index contributed by atoms with van der Waals surface area (Å²) in [6.45, 7) is 5.70. The van der Waals surface area contributed by atoms with Crippen LogP contribution < -0.4 is 15.4 Å². The second-order valence-corrected chi connectivity index (χ2v) is 10.0. The molecule has 3 N–H and O–H groups in total. The largest absolute Gasteiger partial charge is 0.348 e. The van der Waals surface area contributed by atoms with Crippen molar-refractivity contribution in [2.75, 3.05) is 6.54 Å². The summed E-state index contributed by atoms with van der Waals surface area (Å²) >= 11 is 0. The topological polar surface area (TPSA) is 104 Å². The van der Waals surface area contributed by atoms with E-state index in [4.69, 9.17) is 0 Å². The zero-order valence-electron chi connectivity index (χ0n) is 16.9. The molecule has 0 saturated heterocycles. The summed E-state index contributed by atoms with van der Waals surface area (Å²) in [4.78, 5) is 23.7. The molecule has 2 rings (SSSR count). The molecule has 0 aliphatic heterocycles. The predicted octanol–water partition coefficient (Wildman–Crippen LogP) is 1.87. The van der Waals surface area contributed by atoms with Gasteiger partial charge in [0.05, 0.1) is 4.90 Å². The van der Waals surface area contributed by atoms with E-state index < -0.39 is 27.4 Å². The highest BCUT2D eigenvalue weighted by atomic mass is 32.2. The molecule has 156 valence electrons. The van der Waals surface area contributed by atoms with Gasteiger partial charge in [-0.15, -0.1) is 0 Å². The van der Waals surface area contributed by atoms with Crippen molar-refractivity contribution in [3.05, 3.63) is 29.8 Å². The Morgan fingerprint density at radius 3 is 2.18 bits per heavy atom. The van der Waals surface area contributed by atoms with Crippen molar-refractivity contribution < 1.29 is 18.0 Å². The lowest BCUT2D eigenvalue weighted by molar-refractivity contribution is -0.140. The van der Waals surface area contributed by atoms with Crippen LogP contribution in [0.2, 0.25) is 0 Å². The Bertz CT molecular complexity index is 777. The third-order valence-electron chi connectivity index (χ3n) is 4.55. The minimum Gasteiger partial charge on any atom is -0.348 e. The van der Waals surface area contributed by atoms with Gasteiger partial charge in [-0.25, -0.2) is 13.1 Å². The molecular weight excluding hydrogens is 378 g/mol. The summed E-state index contributed by atoms with van der Waals surface area (Å²) in [5.41, 5.74) is 0.412. The highest BCUT2D eigenvalue weighted by Gasteiger charge is 2.22. The summed E-state index contributed by atoms with van der Waals surface area (Å²) in [6.07, 6.45) is 5.57. The van der Waals surface area contributed by atoms with E-state index in [1.165, 1.54) is 6.42 Å². The molecule has 8 heteroatoms. The van der Waals surface area contributed by atoms with Gasteiger partial charge < -0.3 is 10.6 Å². The molecule has 1 fully saturated rings. The van der Waals surface area contributed by atoms with Crippen LogP contribution in [0, 0.1) is 0 Å². The van der Waals surface area contributed by atoms with E-state index in [0.29, 0.717) is 13.0 Å². The van der Waals surface area contributed by atoms with Gasteiger partial charge in [0.15, 0.2) is 0 Å². The number of nitrogens with one attached hydrogen (secondary N) is 3. The lowest BCUT2D eigenvalue weighted by atomic mass is 9.96. The lowest BCUT2D eigenvalue weighted by Crippen LogP contribution is -2.48. The van der Waals surface area contributed by atoms with Crippen molar-refractivity contribution >= 4 is 21.8 Å². The highest BCUT2D eigenvalue weighted by molar-refractivity contribution is 7.89. The van der Waals surface area contributed by atoms with Crippen LogP contribution in [-0.4, -0.2) is 38.4 Å². The number of carbonyl (C=O) groups is 2. The van der Waals surface area contributed by atoms with Crippen molar-refractivity contribution in [2.24, 2.45) is 0 Å². The average Bonchev–Trinajstić information content (AvgIpc) is 2.61. The van der Waals surface area contributed by atoms with Crippen molar-refractivity contribution in [1.82, 2.24) is 15.4 Å². The van der Waals surface area contributed by atoms with Gasteiger partial charge in [-0.2, -0.15) is 0 Å². The van der Waals surface area contributed by atoms with E-state index in [2.05, 4.69) is 15.4 Å². The maximum Gasteiger partial charge on any atom is 0.309 e. The Labute approximate surface area is 167 Å². The number of benzene rings is 1. The predicted molar refractivity (Wildman–Crippen MR) is 108 cm³/mol. The first kappa shape index (κ1) is 22.4. The Kier molecular flexibility index (Phi) is 7.60. The van der Waals surface area contributed by atoms with Gasteiger partial charge in [0.25, 0.3) is 0 Å². The molecule has 1 saturated carbocycles. The van der Waals surface area contributed by atoms with Gasteiger partial charge in [0.2, 0.25) is 10.0 Å². The van der Waals surface area contributed by atoms with Gasteiger partial charge in [-0.3, -0.25) is 9.59 Å². The van der Waals surface area contributed by atoms with E-state index in [9.17, 15) is 18.0 Å². The van der Waals surface area contributed by atoms with Crippen LogP contribution >= 0.6 is 0 Å². The molecule has 0 spiro atoms. The molecule has 1 aromatic rings. The summed E-state index contributed by atoms with van der Waals surface area (Å²) in [5.74, 6) is -1.34. The van der Waals surface area contributed by atoms with E-state index >= 15 is 0 Å². The molecule has 0 bridgehead atoms. The lowest BCUT2D eigenvalue weighted by Gasteiger charge is -2.22. The molecule has 2 amide bonds. The Morgan fingerprint density at radius 2 is 1.61 bits per heavy atom. The van der Waals surface area contributed by atoms with Crippen LogP contribution in [0.4, 0.5) is 0 Å². The van der Waals surface area contributed by atoms with Crippen molar-refractivity contribution in [2.45, 2.75) is 75.8 Å². The zero-order chi connectivity index (χ0) is 20.8. The smallest absolute Gasteiger partial charge is 0.309 e. The second-order valence-electron chi connectivity index (χ2n) is 8.31. The summed E-state index contributed by atoms with van der Waals surface area (Å²) in [6, 6.07) is 6.64. The van der Waals surface area contributed by atoms with Crippen molar-refractivity contribution in [3.63, 3.8) is 0 Å². The summed E-state index contributed by atoms with van der Waals surface area (Å²) in [7, 11) is -3.51. The Morgan fingerprint density at radius 1 is 1.00 bits per heavy atom. The molecule has 7 nitrogen and oxygen atoms in total. The van der Waals surface area contributed by atoms with Gasteiger partial charge >= 0.3 is 11.8 Å². The first-order chi connectivity index (χ1) is 13.1. The van der Waals surface area contributed by atoms with Crippen LogP contribution in [0.25, 0.3) is 0 Å². The van der Waals surface area contributed by atoms with Crippen LogP contribution in [0.15, 0.2) is 29.2 Å². The molecule has 0 heterocycles. The molecule has 1 aromatic carbocycles. The molecular formula is C20H31N3O4S. The standard InChI is InChI=1S/C20H31N3O4S/c1-20(2,3)22-19(25)18(24)21-14-13-15-9-11-17(12-10-15)28(26,27)23-16-7-5-4-6-8-16/h9-12,16,23H,4-8,13-14H2,1-3H3,(H,21,24)(H,22,25). The quantitative estimate of drug-likeness (QED) is 0.624. The van der Waals surface area contributed by atoms with E-state index in [1.54, 1.807) is 45.0 Å². The number of hydrogen-bond acceptors (Lipinski definition) is 4. The SMILES string of the molecule is CC(C)(C)NC(=O)C(=O)NCCc1ccc(S(=O)(=O)NC2CCCCC2)cc1. The fourth-order valence-corrected chi connectivity index (χ4v) is 4.45. The van der Waals surface area contributed by atoms with Crippen molar-refractivity contribution in [1.29, 1.82) is 0 Å². The van der Waals surface area contributed by atoms with Crippen LogP contribution in [0.1, 0.15) is 58.4 Å². The molecule has 1 aliphatic rings. The van der Waals surface area contributed by atoms with Crippen LogP contribution in [0.3, 0.4) is 0 Å². The molecule has 28 heavy (non-hydrogen) atoms. The minimum atomic E-state index is -3.51. The number of carbonyl (C=O) groups excluding carboxylic acids is 2. The number of amides is 2. The van der Waals surface area contributed by atoms with Gasteiger partial charge in [0.1, 0.15) is 0 Å². The number of hydrogen-bond donors (Lipinski definition) is 3.